The normalized spacial score (nSPS) is 10.0. The summed E-state index contributed by atoms with van der Waals surface area (Å²) in [6, 6.07) is 14.4. The monoisotopic (exact) mass is 367 g/mol. The third-order valence-corrected chi connectivity index (χ3v) is 3.52. The molecule has 6 nitrogen and oxygen atoms in total. The molecular weight excluding hydrogens is 342 g/mol. The second-order valence-electron chi connectivity index (χ2n) is 6.16. The Labute approximate surface area is 159 Å². The first-order valence-corrected chi connectivity index (χ1v) is 8.77. The minimum absolute atomic E-state index is 0.0568. The van der Waals surface area contributed by atoms with Crippen molar-refractivity contribution in [1.82, 2.24) is 0 Å². The van der Waals surface area contributed by atoms with Gasteiger partial charge in [-0.05, 0) is 42.8 Å². The van der Waals surface area contributed by atoms with Gasteiger partial charge in [0.05, 0.1) is 6.54 Å². The molecule has 2 rings (SSSR count). The minimum Gasteiger partial charge on any atom is -0.489 e. The van der Waals surface area contributed by atoms with Crippen molar-refractivity contribution in [1.29, 1.82) is 0 Å². The van der Waals surface area contributed by atoms with Gasteiger partial charge in [-0.15, -0.1) is 0 Å². The summed E-state index contributed by atoms with van der Waals surface area (Å²) in [6.07, 6.45) is 0.412. The first kappa shape index (κ1) is 20.0. The van der Waals surface area contributed by atoms with Gasteiger partial charge < -0.3 is 20.7 Å². The van der Waals surface area contributed by atoms with Crippen molar-refractivity contribution in [2.24, 2.45) is 0 Å². The van der Waals surface area contributed by atoms with E-state index >= 15 is 0 Å². The third kappa shape index (κ3) is 7.23. The van der Waals surface area contributed by atoms with Crippen molar-refractivity contribution in [2.45, 2.75) is 20.3 Å². The van der Waals surface area contributed by atoms with Gasteiger partial charge in [0.15, 0.2) is 0 Å². The van der Waals surface area contributed by atoms with Crippen molar-refractivity contribution < 1.29 is 14.3 Å². The highest BCUT2D eigenvalue weighted by molar-refractivity contribution is 5.94. The van der Waals surface area contributed by atoms with Gasteiger partial charge in [0.2, 0.25) is 11.8 Å². The summed E-state index contributed by atoms with van der Waals surface area (Å²) in [4.78, 5) is 23.6. The van der Waals surface area contributed by atoms with Crippen LogP contribution in [-0.4, -0.2) is 25.0 Å². The average Bonchev–Trinajstić information content (AvgIpc) is 2.65. The molecule has 0 aliphatic heterocycles. The molecule has 0 aliphatic rings. The third-order valence-electron chi connectivity index (χ3n) is 3.52. The van der Waals surface area contributed by atoms with Crippen molar-refractivity contribution in [3.63, 3.8) is 0 Å². The number of nitrogens with one attached hydrogen (secondary N) is 3. The Kier molecular flexibility index (Phi) is 7.43. The molecule has 3 N–H and O–H groups in total. The molecule has 0 radical (unpaired) electrons. The largest absolute Gasteiger partial charge is 0.489 e. The van der Waals surface area contributed by atoms with E-state index in [4.69, 9.17) is 4.74 Å². The maximum atomic E-state index is 12.2. The van der Waals surface area contributed by atoms with E-state index in [1.165, 1.54) is 0 Å². The van der Waals surface area contributed by atoms with Gasteiger partial charge >= 0.3 is 0 Å². The van der Waals surface area contributed by atoms with Crippen molar-refractivity contribution in [3.8, 4) is 5.75 Å². The number of carbonyl (C=O) groups is 2. The zero-order valence-corrected chi connectivity index (χ0v) is 15.7. The van der Waals surface area contributed by atoms with Crippen LogP contribution in [0.2, 0.25) is 0 Å². The summed E-state index contributed by atoms with van der Waals surface area (Å²) in [7, 11) is 0. The smallest absolute Gasteiger partial charge is 0.243 e. The quantitative estimate of drug-likeness (QED) is 0.585. The van der Waals surface area contributed by atoms with E-state index in [0.717, 1.165) is 11.3 Å². The Bertz CT molecular complexity index is 818. The summed E-state index contributed by atoms with van der Waals surface area (Å²) in [5, 5.41) is 8.65. The number of carbonyl (C=O) groups excluding carboxylic acids is 2. The van der Waals surface area contributed by atoms with Crippen LogP contribution in [0, 0.1) is 0 Å². The number of rotatable bonds is 9. The standard InChI is InChI=1S/C21H25N3O3/c1-4-20(25)23-17-8-5-7-16(11-17)22-13-21(26)24-18-9-6-10-19(12-18)27-14-15(2)3/h5-12,22H,2,4,13-14H2,1,3H3,(H,23,25)(H,24,26). The molecule has 0 heterocycles. The van der Waals surface area contributed by atoms with Crippen LogP contribution < -0.4 is 20.7 Å². The zero-order valence-electron chi connectivity index (χ0n) is 15.7. The van der Waals surface area contributed by atoms with Gasteiger partial charge in [-0.1, -0.05) is 25.6 Å². The molecule has 2 aromatic rings. The van der Waals surface area contributed by atoms with E-state index in [1.54, 1.807) is 31.2 Å². The van der Waals surface area contributed by atoms with Crippen LogP contribution in [0.15, 0.2) is 60.7 Å². The Morgan fingerprint density at radius 1 is 0.963 bits per heavy atom. The molecule has 2 aromatic carbocycles. The lowest BCUT2D eigenvalue weighted by Crippen LogP contribution is -2.21. The number of benzene rings is 2. The molecule has 0 spiro atoms. The van der Waals surface area contributed by atoms with Crippen LogP contribution in [0.1, 0.15) is 20.3 Å². The highest BCUT2D eigenvalue weighted by atomic mass is 16.5. The van der Waals surface area contributed by atoms with Gasteiger partial charge in [-0.25, -0.2) is 0 Å². The lowest BCUT2D eigenvalue weighted by molar-refractivity contribution is -0.116. The summed E-state index contributed by atoms with van der Waals surface area (Å²) < 4.78 is 5.57. The van der Waals surface area contributed by atoms with E-state index in [-0.39, 0.29) is 18.4 Å². The van der Waals surface area contributed by atoms with Gasteiger partial charge in [-0.2, -0.15) is 0 Å². The molecule has 0 aromatic heterocycles. The van der Waals surface area contributed by atoms with Gasteiger partial charge in [0.25, 0.3) is 0 Å². The zero-order chi connectivity index (χ0) is 19.6. The molecule has 0 saturated carbocycles. The Balaban J connectivity index is 1.87. The predicted octanol–water partition coefficient (Wildman–Crippen LogP) is 4.04. The Morgan fingerprint density at radius 3 is 2.30 bits per heavy atom. The van der Waals surface area contributed by atoms with Crippen LogP contribution in [-0.2, 0) is 9.59 Å². The van der Waals surface area contributed by atoms with Gasteiger partial charge in [0, 0.05) is 29.5 Å². The molecule has 0 atom stereocenters. The molecule has 0 unspecified atom stereocenters. The second-order valence-corrected chi connectivity index (χ2v) is 6.16. The maximum Gasteiger partial charge on any atom is 0.243 e. The molecule has 142 valence electrons. The minimum atomic E-state index is -0.185. The number of ether oxygens (including phenoxy) is 1. The molecule has 0 saturated heterocycles. The fraction of sp³-hybridized carbons (Fsp3) is 0.238. The highest BCUT2D eigenvalue weighted by Gasteiger charge is 2.05. The van der Waals surface area contributed by atoms with Crippen LogP contribution in [0.25, 0.3) is 0 Å². The lowest BCUT2D eigenvalue weighted by Gasteiger charge is -2.11. The molecule has 0 aliphatic carbocycles. The molecule has 27 heavy (non-hydrogen) atoms. The number of anilines is 3. The van der Waals surface area contributed by atoms with Crippen LogP contribution in [0.3, 0.4) is 0 Å². The van der Waals surface area contributed by atoms with Gasteiger partial charge in [0.1, 0.15) is 12.4 Å². The second kappa shape index (κ2) is 10.0. The Hall–Kier alpha value is -3.28. The summed E-state index contributed by atoms with van der Waals surface area (Å²) in [6.45, 7) is 8.01. The molecule has 6 heteroatoms. The molecule has 2 amide bonds. The van der Waals surface area contributed by atoms with Crippen LogP contribution >= 0.6 is 0 Å². The first-order valence-electron chi connectivity index (χ1n) is 8.77. The molecule has 0 fully saturated rings. The topological polar surface area (TPSA) is 79.5 Å². The van der Waals surface area contributed by atoms with Crippen molar-refractivity contribution >= 4 is 28.9 Å². The predicted molar refractivity (Wildman–Crippen MR) is 109 cm³/mol. The van der Waals surface area contributed by atoms with E-state index in [2.05, 4.69) is 22.5 Å². The summed E-state index contributed by atoms with van der Waals surface area (Å²) in [5.41, 5.74) is 3.02. The van der Waals surface area contributed by atoms with E-state index < -0.39 is 0 Å². The molecular formula is C21H25N3O3. The van der Waals surface area contributed by atoms with Crippen LogP contribution in [0.4, 0.5) is 17.1 Å². The number of amides is 2. The number of hydrogen-bond acceptors (Lipinski definition) is 4. The number of hydrogen-bond donors (Lipinski definition) is 3. The van der Waals surface area contributed by atoms with Crippen LogP contribution in [0.5, 0.6) is 5.75 Å². The van der Waals surface area contributed by atoms with E-state index in [1.807, 2.05) is 31.2 Å². The first-order chi connectivity index (χ1) is 13.0. The summed E-state index contributed by atoms with van der Waals surface area (Å²) in [5.74, 6) is 0.428. The lowest BCUT2D eigenvalue weighted by atomic mass is 10.2. The van der Waals surface area contributed by atoms with Crippen molar-refractivity contribution in [3.05, 3.63) is 60.7 Å². The fourth-order valence-corrected chi connectivity index (χ4v) is 2.21. The maximum absolute atomic E-state index is 12.2. The SMILES string of the molecule is C=C(C)COc1cccc(NC(=O)CNc2cccc(NC(=O)CC)c2)c1. The summed E-state index contributed by atoms with van der Waals surface area (Å²) >= 11 is 0. The van der Waals surface area contributed by atoms with Gasteiger partial charge in [-0.3, -0.25) is 9.59 Å². The van der Waals surface area contributed by atoms with Crippen molar-refractivity contribution in [2.75, 3.05) is 29.1 Å². The average molecular weight is 367 g/mol. The molecule has 0 bridgehead atoms. The fourth-order valence-electron chi connectivity index (χ4n) is 2.21. The van der Waals surface area contributed by atoms with E-state index in [9.17, 15) is 9.59 Å². The Morgan fingerprint density at radius 2 is 1.59 bits per heavy atom. The van der Waals surface area contributed by atoms with E-state index in [0.29, 0.717) is 30.2 Å². The highest BCUT2D eigenvalue weighted by Crippen LogP contribution is 2.18.